The summed E-state index contributed by atoms with van der Waals surface area (Å²) in [5, 5.41) is 9.57. The molecule has 0 radical (unpaired) electrons. The van der Waals surface area contributed by atoms with E-state index in [9.17, 15) is 5.11 Å². The number of piperidine rings is 1. The second-order valence-electron chi connectivity index (χ2n) is 5.19. The quantitative estimate of drug-likeness (QED) is 0.635. The minimum absolute atomic E-state index is 0.0625. The Morgan fingerprint density at radius 2 is 2.00 bits per heavy atom. The Morgan fingerprint density at radius 1 is 1.33 bits per heavy atom. The largest absolute Gasteiger partial charge is 0.394 e. The summed E-state index contributed by atoms with van der Waals surface area (Å²) in [4.78, 5) is 2.33. The van der Waals surface area contributed by atoms with Crippen molar-refractivity contribution in [2.24, 2.45) is 11.1 Å². The van der Waals surface area contributed by atoms with Gasteiger partial charge in [0.15, 0.2) is 0 Å². The molecule has 2 aliphatic rings. The van der Waals surface area contributed by atoms with Gasteiger partial charge in [-0.15, -0.1) is 0 Å². The van der Waals surface area contributed by atoms with Gasteiger partial charge in [-0.1, -0.05) is 0 Å². The average Bonchev–Trinajstić information content (AvgIpc) is 2.26. The summed E-state index contributed by atoms with van der Waals surface area (Å²) in [5.74, 6) is 0. The van der Waals surface area contributed by atoms with Gasteiger partial charge in [0.05, 0.1) is 6.61 Å². The maximum absolute atomic E-state index is 9.57. The van der Waals surface area contributed by atoms with Gasteiger partial charge in [0.25, 0.3) is 0 Å². The molecule has 3 N–H and O–H groups in total. The number of hydrogen-bond donors (Lipinski definition) is 2. The van der Waals surface area contributed by atoms with E-state index in [1.807, 2.05) is 0 Å². The van der Waals surface area contributed by atoms with Crippen molar-refractivity contribution in [3.8, 4) is 0 Å². The van der Waals surface area contributed by atoms with Crippen molar-refractivity contribution in [1.29, 1.82) is 0 Å². The number of likely N-dealkylation sites (tertiary alicyclic amines) is 1. The number of hydrogen-bond acceptors (Lipinski definition) is 4. The molecule has 4 nitrogen and oxygen atoms in total. The molecule has 2 fully saturated rings. The van der Waals surface area contributed by atoms with Crippen molar-refractivity contribution < 1.29 is 9.84 Å². The molecule has 1 spiro atoms. The highest BCUT2D eigenvalue weighted by Crippen LogP contribution is 2.44. The third kappa shape index (κ3) is 1.80. The summed E-state index contributed by atoms with van der Waals surface area (Å²) in [6.07, 6.45) is 2.85. The van der Waals surface area contributed by atoms with E-state index >= 15 is 0 Å². The molecule has 2 aliphatic heterocycles. The first kappa shape index (κ1) is 11.3. The van der Waals surface area contributed by atoms with Gasteiger partial charge in [-0.25, -0.2) is 0 Å². The van der Waals surface area contributed by atoms with Gasteiger partial charge in [0.2, 0.25) is 0 Å². The molecule has 4 heteroatoms. The summed E-state index contributed by atoms with van der Waals surface area (Å²) in [6, 6.07) is 0. The van der Waals surface area contributed by atoms with Crippen LogP contribution < -0.4 is 5.73 Å². The predicted octanol–water partition coefficient (Wildman–Crippen LogP) is -0.191. The minimum atomic E-state index is -0.400. The first-order valence-electron chi connectivity index (χ1n) is 5.78. The van der Waals surface area contributed by atoms with E-state index in [0.717, 1.165) is 45.6 Å². The molecule has 2 rings (SSSR count). The van der Waals surface area contributed by atoms with Crippen molar-refractivity contribution in [3.05, 3.63) is 0 Å². The first-order chi connectivity index (χ1) is 7.12. The molecule has 1 atom stereocenters. The molecule has 2 heterocycles. The van der Waals surface area contributed by atoms with Crippen molar-refractivity contribution in [2.75, 3.05) is 40.0 Å². The highest BCUT2D eigenvalue weighted by Gasteiger charge is 2.51. The van der Waals surface area contributed by atoms with Crippen LogP contribution in [0.4, 0.5) is 0 Å². The fourth-order valence-corrected chi connectivity index (χ4v) is 3.07. The van der Waals surface area contributed by atoms with E-state index in [-0.39, 0.29) is 12.0 Å². The molecule has 0 aromatic carbocycles. The Morgan fingerprint density at radius 3 is 2.60 bits per heavy atom. The number of rotatable bonds is 1. The third-order valence-corrected chi connectivity index (χ3v) is 4.30. The monoisotopic (exact) mass is 214 g/mol. The fourth-order valence-electron chi connectivity index (χ4n) is 3.07. The first-order valence-corrected chi connectivity index (χ1v) is 5.78. The summed E-state index contributed by atoms with van der Waals surface area (Å²) in [6.45, 7) is 3.65. The Labute approximate surface area is 91.4 Å². The Bertz CT molecular complexity index is 229. The molecular formula is C11H22N2O2. The summed E-state index contributed by atoms with van der Waals surface area (Å²) in [5.41, 5.74) is 6.06. The molecule has 88 valence electrons. The molecule has 0 amide bonds. The van der Waals surface area contributed by atoms with Gasteiger partial charge in [-0.2, -0.15) is 0 Å². The van der Waals surface area contributed by atoms with Crippen LogP contribution >= 0.6 is 0 Å². The Hall–Kier alpha value is -0.160. The highest BCUT2D eigenvalue weighted by molar-refractivity contribution is 5.07. The molecule has 0 aromatic heterocycles. The van der Waals surface area contributed by atoms with Gasteiger partial charge >= 0.3 is 0 Å². The lowest BCUT2D eigenvalue weighted by Gasteiger charge is -2.55. The lowest BCUT2D eigenvalue weighted by molar-refractivity contribution is -0.0868. The molecule has 15 heavy (non-hydrogen) atoms. The van der Waals surface area contributed by atoms with Crippen LogP contribution in [0.2, 0.25) is 0 Å². The topological polar surface area (TPSA) is 58.7 Å². The van der Waals surface area contributed by atoms with Gasteiger partial charge < -0.3 is 20.5 Å². The molecule has 0 aliphatic carbocycles. The van der Waals surface area contributed by atoms with Gasteiger partial charge in [-0.05, 0) is 32.9 Å². The molecule has 0 bridgehead atoms. The third-order valence-electron chi connectivity index (χ3n) is 4.30. The average molecular weight is 214 g/mol. The summed E-state index contributed by atoms with van der Waals surface area (Å²) < 4.78 is 5.41. The van der Waals surface area contributed by atoms with Crippen molar-refractivity contribution in [2.45, 2.75) is 24.8 Å². The Balaban J connectivity index is 2.21. The number of ether oxygens (including phenoxy) is 1. The van der Waals surface area contributed by atoms with E-state index in [0.29, 0.717) is 0 Å². The Kier molecular flexibility index (Phi) is 3.03. The van der Waals surface area contributed by atoms with Crippen LogP contribution in [0.25, 0.3) is 0 Å². The van der Waals surface area contributed by atoms with Gasteiger partial charge in [-0.3, -0.25) is 0 Å². The maximum Gasteiger partial charge on any atom is 0.0617 e. The molecule has 1 unspecified atom stereocenters. The maximum atomic E-state index is 9.57. The van der Waals surface area contributed by atoms with E-state index < -0.39 is 5.54 Å². The van der Waals surface area contributed by atoms with E-state index in [1.165, 1.54) is 0 Å². The zero-order chi connectivity index (χ0) is 10.9. The van der Waals surface area contributed by atoms with E-state index in [4.69, 9.17) is 10.5 Å². The summed E-state index contributed by atoms with van der Waals surface area (Å²) in [7, 11) is 2.13. The van der Waals surface area contributed by atoms with Crippen LogP contribution in [0.3, 0.4) is 0 Å². The second kappa shape index (κ2) is 4.01. The van der Waals surface area contributed by atoms with Crippen LogP contribution in [-0.4, -0.2) is 55.5 Å². The van der Waals surface area contributed by atoms with Crippen LogP contribution in [0.1, 0.15) is 19.3 Å². The second-order valence-corrected chi connectivity index (χ2v) is 5.19. The molecule has 2 saturated heterocycles. The van der Waals surface area contributed by atoms with E-state index in [2.05, 4.69) is 11.9 Å². The fraction of sp³-hybridized carbons (Fsp3) is 1.00. The lowest BCUT2D eigenvalue weighted by Crippen LogP contribution is -2.67. The van der Waals surface area contributed by atoms with Crippen LogP contribution in [0.15, 0.2) is 0 Å². The number of aliphatic hydroxyl groups excluding tert-OH is 1. The van der Waals surface area contributed by atoms with Crippen LogP contribution in [-0.2, 0) is 4.74 Å². The van der Waals surface area contributed by atoms with Crippen molar-refractivity contribution in [1.82, 2.24) is 4.90 Å². The standard InChI is InChI=1S/C11H22N2O2/c1-13-5-2-11(12,9-14)10(8-13)3-6-15-7-4-10/h14H,2-9,12H2,1H3. The zero-order valence-electron chi connectivity index (χ0n) is 9.54. The van der Waals surface area contributed by atoms with Crippen LogP contribution in [0, 0.1) is 5.41 Å². The lowest BCUT2D eigenvalue weighted by atomic mass is 9.62. The number of nitrogens with zero attached hydrogens (tertiary/aromatic N) is 1. The van der Waals surface area contributed by atoms with Gasteiger partial charge in [0.1, 0.15) is 0 Å². The summed E-state index contributed by atoms with van der Waals surface area (Å²) >= 11 is 0. The molecular weight excluding hydrogens is 192 g/mol. The zero-order valence-corrected chi connectivity index (χ0v) is 9.54. The smallest absolute Gasteiger partial charge is 0.0617 e. The highest BCUT2D eigenvalue weighted by atomic mass is 16.5. The normalized spacial score (nSPS) is 37.0. The SMILES string of the molecule is CN1CCC(N)(CO)C2(CCOCC2)C1. The van der Waals surface area contributed by atoms with Crippen molar-refractivity contribution in [3.63, 3.8) is 0 Å². The van der Waals surface area contributed by atoms with Gasteiger partial charge in [0, 0.05) is 30.7 Å². The number of nitrogens with two attached hydrogens (primary N) is 1. The molecule has 0 saturated carbocycles. The van der Waals surface area contributed by atoms with E-state index in [1.54, 1.807) is 0 Å². The van der Waals surface area contributed by atoms with Crippen LogP contribution in [0.5, 0.6) is 0 Å². The van der Waals surface area contributed by atoms with Crippen molar-refractivity contribution >= 4 is 0 Å². The number of aliphatic hydroxyl groups is 1. The minimum Gasteiger partial charge on any atom is -0.394 e. The predicted molar refractivity (Wildman–Crippen MR) is 58.6 cm³/mol. The molecule has 0 aromatic rings.